The summed E-state index contributed by atoms with van der Waals surface area (Å²) in [6.07, 6.45) is 3.87. The first-order chi connectivity index (χ1) is 17.0. The molecule has 35 heavy (non-hydrogen) atoms. The Kier molecular flexibility index (Phi) is 7.24. The number of carbonyl (C=O) groups excluding carboxylic acids is 1. The van der Waals surface area contributed by atoms with Crippen molar-refractivity contribution in [3.8, 4) is 11.3 Å². The Hall–Kier alpha value is -2.27. The van der Waals surface area contributed by atoms with Gasteiger partial charge in [0.25, 0.3) is 5.91 Å². The number of ether oxygens (including phenoxy) is 2. The third-order valence-corrected chi connectivity index (χ3v) is 8.97. The van der Waals surface area contributed by atoms with E-state index in [2.05, 4.69) is 4.90 Å². The summed E-state index contributed by atoms with van der Waals surface area (Å²) in [6.45, 7) is 5.66. The van der Waals surface area contributed by atoms with E-state index in [1.54, 1.807) is 24.1 Å². The molecule has 1 atom stereocenters. The van der Waals surface area contributed by atoms with Crippen molar-refractivity contribution < 1.29 is 22.7 Å². The Morgan fingerprint density at radius 1 is 1.14 bits per heavy atom. The van der Waals surface area contributed by atoms with E-state index in [0.29, 0.717) is 42.3 Å². The van der Waals surface area contributed by atoms with Crippen molar-refractivity contribution in [1.82, 2.24) is 19.6 Å². The smallest absolute Gasteiger partial charge is 0.274 e. The number of amides is 1. The number of benzene rings is 1. The molecule has 2 aromatic rings. The van der Waals surface area contributed by atoms with Crippen molar-refractivity contribution in [3.05, 3.63) is 35.5 Å². The number of fused-ring (bicyclic) bond motifs is 3. The van der Waals surface area contributed by atoms with E-state index in [4.69, 9.17) is 14.6 Å². The number of carbonyl (C=O) groups is 1. The van der Waals surface area contributed by atoms with Crippen molar-refractivity contribution >= 4 is 15.7 Å². The van der Waals surface area contributed by atoms with Gasteiger partial charge in [-0.05, 0) is 38.3 Å². The second-order valence-electron chi connectivity index (χ2n) is 9.55. The van der Waals surface area contributed by atoms with E-state index in [-0.39, 0.29) is 23.4 Å². The highest BCUT2D eigenvalue weighted by Gasteiger charge is 2.38. The molecule has 1 aromatic heterocycles. The zero-order chi connectivity index (χ0) is 24.4. The number of nitrogens with zero attached hydrogens (tertiary/aromatic N) is 4. The van der Waals surface area contributed by atoms with Crippen LogP contribution in [0.2, 0.25) is 0 Å². The molecule has 9 nitrogen and oxygen atoms in total. The molecule has 2 fully saturated rings. The third-order valence-electron chi connectivity index (χ3n) is 7.28. The lowest BCUT2D eigenvalue weighted by Gasteiger charge is -2.26. The number of methoxy groups -OCH3 is 1. The van der Waals surface area contributed by atoms with Gasteiger partial charge < -0.3 is 19.3 Å². The van der Waals surface area contributed by atoms with E-state index in [1.807, 2.05) is 16.8 Å². The quantitative estimate of drug-likeness (QED) is 0.560. The summed E-state index contributed by atoms with van der Waals surface area (Å²) in [6, 6.07) is 7.23. The van der Waals surface area contributed by atoms with Crippen LogP contribution in [0.25, 0.3) is 11.3 Å². The van der Waals surface area contributed by atoms with Crippen molar-refractivity contribution in [2.24, 2.45) is 0 Å². The van der Waals surface area contributed by atoms with Gasteiger partial charge in [-0.3, -0.25) is 9.48 Å². The first-order valence-corrected chi connectivity index (χ1v) is 14.2. The fourth-order valence-corrected chi connectivity index (χ4v) is 7.08. The van der Waals surface area contributed by atoms with E-state index < -0.39 is 9.84 Å². The molecule has 1 amide bonds. The Morgan fingerprint density at radius 2 is 1.94 bits per heavy atom. The van der Waals surface area contributed by atoms with Gasteiger partial charge in [-0.1, -0.05) is 18.2 Å². The minimum atomic E-state index is -3.56. The van der Waals surface area contributed by atoms with Crippen molar-refractivity contribution in [1.29, 1.82) is 0 Å². The van der Waals surface area contributed by atoms with Crippen LogP contribution in [0.5, 0.6) is 0 Å². The fraction of sp³-hybridized carbons (Fsp3) is 0.600. The summed E-state index contributed by atoms with van der Waals surface area (Å²) < 4.78 is 39.0. The molecule has 4 heterocycles. The third kappa shape index (κ3) is 4.89. The number of aromatic nitrogens is 2. The number of hydrogen-bond donors (Lipinski definition) is 0. The molecule has 3 aliphatic heterocycles. The monoisotopic (exact) mass is 502 g/mol. The minimum absolute atomic E-state index is 0.108. The van der Waals surface area contributed by atoms with E-state index in [9.17, 15) is 13.2 Å². The van der Waals surface area contributed by atoms with Crippen LogP contribution < -0.4 is 0 Å². The lowest BCUT2D eigenvalue weighted by atomic mass is 10.0. The van der Waals surface area contributed by atoms with E-state index >= 15 is 0 Å². The molecule has 0 saturated carbocycles. The van der Waals surface area contributed by atoms with Gasteiger partial charge in [0.15, 0.2) is 15.5 Å². The number of sulfone groups is 1. The van der Waals surface area contributed by atoms with Gasteiger partial charge >= 0.3 is 0 Å². The molecule has 0 bridgehead atoms. The summed E-state index contributed by atoms with van der Waals surface area (Å²) in [4.78, 5) is 18.1. The molecule has 0 N–H and O–H groups in total. The van der Waals surface area contributed by atoms with Crippen molar-refractivity contribution in [2.75, 3.05) is 59.7 Å². The number of likely N-dealkylation sites (tertiary alicyclic amines) is 1. The first kappa shape index (κ1) is 24.4. The highest BCUT2D eigenvalue weighted by Crippen LogP contribution is 2.42. The standard InChI is InChI=1S/C25H34N4O5S/c1-33-15-5-11-27-10-4-6-19(9-12-27)29-24-20-7-2-3-8-22(20)35(31,32)18-21(24)23(26-29)25(30)28-13-16-34-17-14-28/h2-3,7-8,19H,4-6,9-18H2,1H3. The van der Waals surface area contributed by atoms with E-state index in [1.165, 1.54) is 0 Å². The molecular weight excluding hydrogens is 468 g/mol. The van der Waals surface area contributed by atoms with Gasteiger partial charge in [0.05, 0.1) is 35.6 Å². The summed E-state index contributed by atoms with van der Waals surface area (Å²) in [5.41, 5.74) is 2.27. The van der Waals surface area contributed by atoms with Gasteiger partial charge in [0, 0.05) is 51.0 Å². The van der Waals surface area contributed by atoms with Gasteiger partial charge in [-0.15, -0.1) is 0 Å². The molecule has 1 aromatic carbocycles. The molecule has 0 spiro atoms. The molecule has 0 aliphatic carbocycles. The summed E-state index contributed by atoms with van der Waals surface area (Å²) in [7, 11) is -1.83. The first-order valence-electron chi connectivity index (χ1n) is 12.5. The Bertz CT molecular complexity index is 1170. The summed E-state index contributed by atoms with van der Waals surface area (Å²) in [5.74, 6) is -0.395. The largest absolute Gasteiger partial charge is 0.385 e. The molecule has 0 radical (unpaired) electrons. The molecule has 2 saturated heterocycles. The van der Waals surface area contributed by atoms with Gasteiger partial charge in [-0.2, -0.15) is 5.10 Å². The lowest BCUT2D eigenvalue weighted by molar-refractivity contribution is 0.0297. The van der Waals surface area contributed by atoms with Crippen molar-refractivity contribution in [3.63, 3.8) is 0 Å². The van der Waals surface area contributed by atoms with Gasteiger partial charge in [-0.25, -0.2) is 8.42 Å². The van der Waals surface area contributed by atoms with Crippen LogP contribution in [0.1, 0.15) is 47.8 Å². The minimum Gasteiger partial charge on any atom is -0.385 e. The van der Waals surface area contributed by atoms with Crippen LogP contribution in [-0.4, -0.2) is 93.6 Å². The molecular formula is C25H34N4O5S. The van der Waals surface area contributed by atoms with Crippen LogP contribution in [0, 0.1) is 0 Å². The van der Waals surface area contributed by atoms with Gasteiger partial charge in [0.2, 0.25) is 0 Å². The predicted octanol–water partition coefficient (Wildman–Crippen LogP) is 2.37. The summed E-state index contributed by atoms with van der Waals surface area (Å²) in [5, 5.41) is 4.88. The Labute approximate surface area is 206 Å². The summed E-state index contributed by atoms with van der Waals surface area (Å²) >= 11 is 0. The molecule has 190 valence electrons. The topological polar surface area (TPSA) is 94.0 Å². The maximum Gasteiger partial charge on any atom is 0.274 e. The van der Waals surface area contributed by atoms with Crippen LogP contribution in [-0.2, 0) is 25.1 Å². The van der Waals surface area contributed by atoms with E-state index in [0.717, 1.165) is 57.6 Å². The highest BCUT2D eigenvalue weighted by atomic mass is 32.2. The normalized spacial score (nSPS) is 22.3. The van der Waals surface area contributed by atoms with Crippen LogP contribution >= 0.6 is 0 Å². The SMILES string of the molecule is COCCCN1CCCC(n2nc(C(=O)N3CCOCC3)c3c2-c2ccccc2S(=O)(=O)C3)CC1. The average Bonchev–Trinajstić information content (AvgIpc) is 3.07. The number of rotatable bonds is 6. The lowest BCUT2D eigenvalue weighted by Crippen LogP contribution is -2.41. The van der Waals surface area contributed by atoms with Crippen LogP contribution in [0.3, 0.4) is 0 Å². The Balaban J connectivity index is 1.53. The molecule has 1 unspecified atom stereocenters. The maximum absolute atomic E-state index is 13.5. The zero-order valence-electron chi connectivity index (χ0n) is 20.3. The number of morpholine rings is 1. The zero-order valence-corrected chi connectivity index (χ0v) is 21.1. The van der Waals surface area contributed by atoms with Crippen LogP contribution in [0.15, 0.2) is 29.2 Å². The fourth-order valence-electron chi connectivity index (χ4n) is 5.48. The molecule has 5 rings (SSSR count). The average molecular weight is 503 g/mol. The second kappa shape index (κ2) is 10.4. The predicted molar refractivity (Wildman–Crippen MR) is 131 cm³/mol. The maximum atomic E-state index is 13.5. The van der Waals surface area contributed by atoms with Crippen molar-refractivity contribution in [2.45, 2.75) is 42.4 Å². The molecule has 3 aliphatic rings. The highest BCUT2D eigenvalue weighted by molar-refractivity contribution is 7.90. The molecule has 10 heteroatoms. The second-order valence-corrected chi connectivity index (χ2v) is 11.5. The van der Waals surface area contributed by atoms with Gasteiger partial charge in [0.1, 0.15) is 0 Å². The number of hydrogen-bond acceptors (Lipinski definition) is 7. The van der Waals surface area contributed by atoms with Crippen LogP contribution in [0.4, 0.5) is 0 Å². The Morgan fingerprint density at radius 3 is 2.74 bits per heavy atom.